The molecule has 0 aliphatic heterocycles. The fourth-order valence-electron chi connectivity index (χ4n) is 1.89. The quantitative estimate of drug-likeness (QED) is 0.837. The van der Waals surface area contributed by atoms with Crippen molar-refractivity contribution in [3.63, 3.8) is 0 Å². The van der Waals surface area contributed by atoms with Gasteiger partial charge in [-0.25, -0.2) is 4.79 Å². The van der Waals surface area contributed by atoms with Crippen molar-refractivity contribution in [2.75, 3.05) is 11.1 Å². The van der Waals surface area contributed by atoms with Crippen molar-refractivity contribution in [2.45, 2.75) is 20.5 Å². The fourth-order valence-corrected chi connectivity index (χ4v) is 1.89. The molecule has 0 unspecified atom stereocenters. The molecule has 3 N–H and O–H groups in total. The van der Waals surface area contributed by atoms with E-state index in [4.69, 9.17) is 10.5 Å². The Bertz CT molecular complexity index is 609. The number of anilines is 2. The Balaban J connectivity index is 1.98. The minimum absolute atomic E-state index is 0.243. The van der Waals surface area contributed by atoms with E-state index in [-0.39, 0.29) is 6.61 Å². The van der Waals surface area contributed by atoms with Crippen LogP contribution in [0.4, 0.5) is 16.2 Å². The molecule has 0 radical (unpaired) electrons. The Labute approximate surface area is 118 Å². The number of carbonyl (C=O) groups is 1. The largest absolute Gasteiger partial charge is 0.444 e. The summed E-state index contributed by atoms with van der Waals surface area (Å²) in [6.45, 7) is 4.13. The van der Waals surface area contributed by atoms with Crippen LogP contribution in [-0.4, -0.2) is 6.09 Å². The highest BCUT2D eigenvalue weighted by molar-refractivity contribution is 5.86. The number of nitrogens with one attached hydrogen (secondary N) is 1. The van der Waals surface area contributed by atoms with Gasteiger partial charge < -0.3 is 10.5 Å². The van der Waals surface area contributed by atoms with Crippen LogP contribution in [0, 0.1) is 13.8 Å². The summed E-state index contributed by atoms with van der Waals surface area (Å²) in [4.78, 5) is 11.8. The van der Waals surface area contributed by atoms with E-state index in [1.54, 1.807) is 6.07 Å². The van der Waals surface area contributed by atoms with Gasteiger partial charge in [0.25, 0.3) is 0 Å². The van der Waals surface area contributed by atoms with Crippen molar-refractivity contribution in [3.8, 4) is 0 Å². The predicted octanol–water partition coefficient (Wildman–Crippen LogP) is 3.63. The third kappa shape index (κ3) is 3.51. The maximum atomic E-state index is 11.8. The summed E-state index contributed by atoms with van der Waals surface area (Å²) in [6.07, 6.45) is -0.484. The second-order valence-electron chi connectivity index (χ2n) is 4.70. The van der Waals surface area contributed by atoms with Crippen molar-refractivity contribution in [3.05, 3.63) is 59.2 Å². The van der Waals surface area contributed by atoms with Gasteiger partial charge in [-0.3, -0.25) is 5.32 Å². The number of nitrogens with two attached hydrogens (primary N) is 1. The molecule has 0 spiro atoms. The zero-order chi connectivity index (χ0) is 14.5. The monoisotopic (exact) mass is 270 g/mol. The molecule has 0 heterocycles. The standard InChI is InChI=1S/C16H18N2O2/c1-11-8-14(17)9-15(12(11)2)18-16(19)20-10-13-6-4-3-5-7-13/h3-9H,10,17H2,1-2H3,(H,18,19). The summed E-state index contributed by atoms with van der Waals surface area (Å²) in [5.74, 6) is 0. The number of rotatable bonds is 3. The number of amides is 1. The molecular formula is C16H18N2O2. The van der Waals surface area contributed by atoms with Crippen LogP contribution in [0.1, 0.15) is 16.7 Å². The van der Waals surface area contributed by atoms with E-state index in [1.807, 2.05) is 50.2 Å². The molecule has 0 aliphatic rings. The highest BCUT2D eigenvalue weighted by atomic mass is 16.5. The Morgan fingerprint density at radius 1 is 1.20 bits per heavy atom. The normalized spacial score (nSPS) is 10.1. The van der Waals surface area contributed by atoms with Gasteiger partial charge in [0, 0.05) is 11.4 Å². The Morgan fingerprint density at radius 3 is 2.60 bits per heavy atom. The molecule has 2 rings (SSSR count). The number of nitrogen functional groups attached to an aromatic ring is 1. The van der Waals surface area contributed by atoms with Gasteiger partial charge in [0.2, 0.25) is 0 Å². The first kappa shape index (κ1) is 13.9. The lowest BCUT2D eigenvalue weighted by Crippen LogP contribution is -2.14. The van der Waals surface area contributed by atoms with Gasteiger partial charge >= 0.3 is 6.09 Å². The zero-order valence-electron chi connectivity index (χ0n) is 11.6. The molecule has 20 heavy (non-hydrogen) atoms. The average molecular weight is 270 g/mol. The van der Waals surface area contributed by atoms with Crippen LogP contribution in [0.3, 0.4) is 0 Å². The van der Waals surface area contributed by atoms with Gasteiger partial charge in [-0.15, -0.1) is 0 Å². The Morgan fingerprint density at radius 2 is 1.90 bits per heavy atom. The zero-order valence-corrected chi connectivity index (χ0v) is 11.6. The van der Waals surface area contributed by atoms with Crippen LogP contribution in [0.5, 0.6) is 0 Å². The van der Waals surface area contributed by atoms with E-state index < -0.39 is 6.09 Å². The van der Waals surface area contributed by atoms with Crippen LogP contribution < -0.4 is 11.1 Å². The van der Waals surface area contributed by atoms with Gasteiger partial charge in [-0.05, 0) is 42.7 Å². The lowest BCUT2D eigenvalue weighted by molar-refractivity contribution is 0.155. The molecule has 104 valence electrons. The van der Waals surface area contributed by atoms with Gasteiger partial charge in [-0.1, -0.05) is 30.3 Å². The maximum Gasteiger partial charge on any atom is 0.411 e. The van der Waals surface area contributed by atoms with E-state index in [9.17, 15) is 4.79 Å². The number of hydrogen-bond acceptors (Lipinski definition) is 3. The first-order chi connectivity index (χ1) is 9.56. The first-order valence-corrected chi connectivity index (χ1v) is 6.40. The van der Waals surface area contributed by atoms with Crippen molar-refractivity contribution in [1.82, 2.24) is 0 Å². The molecule has 1 amide bonds. The Hall–Kier alpha value is -2.49. The van der Waals surface area contributed by atoms with Crippen LogP contribution in [0.2, 0.25) is 0 Å². The molecule has 4 heteroatoms. The number of carbonyl (C=O) groups excluding carboxylic acids is 1. The van der Waals surface area contributed by atoms with Crippen molar-refractivity contribution < 1.29 is 9.53 Å². The molecule has 0 saturated heterocycles. The first-order valence-electron chi connectivity index (χ1n) is 6.40. The molecular weight excluding hydrogens is 252 g/mol. The molecule has 0 fully saturated rings. The molecule has 0 aliphatic carbocycles. The fraction of sp³-hybridized carbons (Fsp3) is 0.188. The molecule has 0 aromatic heterocycles. The van der Waals surface area contributed by atoms with Gasteiger partial charge in [0.15, 0.2) is 0 Å². The van der Waals surface area contributed by atoms with Crippen LogP contribution in [-0.2, 0) is 11.3 Å². The number of benzene rings is 2. The maximum absolute atomic E-state index is 11.8. The van der Waals surface area contributed by atoms with Crippen LogP contribution in [0.25, 0.3) is 0 Å². The van der Waals surface area contributed by atoms with Crippen LogP contribution >= 0.6 is 0 Å². The highest BCUT2D eigenvalue weighted by Gasteiger charge is 2.08. The number of ether oxygens (including phenoxy) is 1. The minimum atomic E-state index is -0.484. The smallest absolute Gasteiger partial charge is 0.411 e. The van der Waals surface area contributed by atoms with E-state index in [0.29, 0.717) is 11.4 Å². The van der Waals surface area contributed by atoms with Crippen molar-refractivity contribution >= 4 is 17.5 Å². The molecule has 0 bridgehead atoms. The van der Waals surface area contributed by atoms with E-state index in [0.717, 1.165) is 16.7 Å². The van der Waals surface area contributed by atoms with Gasteiger partial charge in [0.05, 0.1) is 0 Å². The highest BCUT2D eigenvalue weighted by Crippen LogP contribution is 2.22. The van der Waals surface area contributed by atoms with Crippen LogP contribution in [0.15, 0.2) is 42.5 Å². The topological polar surface area (TPSA) is 64.3 Å². The van der Waals surface area contributed by atoms with Crippen molar-refractivity contribution in [1.29, 1.82) is 0 Å². The lowest BCUT2D eigenvalue weighted by Gasteiger charge is -2.12. The molecule has 2 aromatic carbocycles. The summed E-state index contributed by atoms with van der Waals surface area (Å²) < 4.78 is 5.18. The third-order valence-corrected chi connectivity index (χ3v) is 3.14. The molecule has 2 aromatic rings. The van der Waals surface area contributed by atoms with Crippen molar-refractivity contribution in [2.24, 2.45) is 0 Å². The molecule has 4 nitrogen and oxygen atoms in total. The lowest BCUT2D eigenvalue weighted by atomic mass is 10.1. The second-order valence-corrected chi connectivity index (χ2v) is 4.70. The average Bonchev–Trinajstić information content (AvgIpc) is 2.43. The summed E-state index contributed by atoms with van der Waals surface area (Å²) in [7, 11) is 0. The Kier molecular flexibility index (Phi) is 4.25. The second kappa shape index (κ2) is 6.10. The van der Waals surface area contributed by atoms with E-state index in [1.165, 1.54) is 0 Å². The minimum Gasteiger partial charge on any atom is -0.444 e. The van der Waals surface area contributed by atoms with Gasteiger partial charge in [-0.2, -0.15) is 0 Å². The summed E-state index contributed by atoms with van der Waals surface area (Å²) in [5, 5.41) is 2.72. The molecule has 0 saturated carbocycles. The number of aryl methyl sites for hydroxylation is 1. The van der Waals surface area contributed by atoms with Gasteiger partial charge in [0.1, 0.15) is 6.61 Å². The third-order valence-electron chi connectivity index (χ3n) is 3.14. The summed E-state index contributed by atoms with van der Waals surface area (Å²) in [6, 6.07) is 13.1. The summed E-state index contributed by atoms with van der Waals surface area (Å²) in [5.41, 5.74) is 10.0. The summed E-state index contributed by atoms with van der Waals surface area (Å²) >= 11 is 0. The number of hydrogen-bond donors (Lipinski definition) is 2. The molecule has 0 atom stereocenters. The van der Waals surface area contributed by atoms with E-state index >= 15 is 0 Å². The SMILES string of the molecule is Cc1cc(N)cc(NC(=O)OCc2ccccc2)c1C. The predicted molar refractivity (Wildman–Crippen MR) is 80.6 cm³/mol. The van der Waals surface area contributed by atoms with E-state index in [2.05, 4.69) is 5.32 Å².